The lowest BCUT2D eigenvalue weighted by atomic mass is 9.89. The van der Waals surface area contributed by atoms with Gasteiger partial charge in [0.25, 0.3) is 5.91 Å². The van der Waals surface area contributed by atoms with E-state index in [1.165, 1.54) is 4.90 Å². The lowest BCUT2D eigenvalue weighted by Crippen LogP contribution is -2.56. The summed E-state index contributed by atoms with van der Waals surface area (Å²) in [6, 6.07) is -0.495. The number of likely N-dealkylation sites (N-methyl/N-ethyl adjacent to an activating group) is 1. The summed E-state index contributed by atoms with van der Waals surface area (Å²) in [5.74, 6) is 0.169. The molecule has 2 aliphatic rings. The molecule has 1 fully saturated rings. The number of fused-ring (bicyclic) bond motifs is 3. The number of nitrogens with two attached hydrogens (primary N) is 2. The Labute approximate surface area is 133 Å². The van der Waals surface area contributed by atoms with Gasteiger partial charge < -0.3 is 21.5 Å². The van der Waals surface area contributed by atoms with Gasteiger partial charge in [0, 0.05) is 13.1 Å². The van der Waals surface area contributed by atoms with Gasteiger partial charge in [-0.05, 0) is 26.7 Å². The number of nitrogens with zero attached hydrogens (tertiary/aromatic N) is 4. The van der Waals surface area contributed by atoms with E-state index in [2.05, 4.69) is 9.97 Å². The maximum absolute atomic E-state index is 12.8. The van der Waals surface area contributed by atoms with E-state index in [9.17, 15) is 9.90 Å². The number of nitrogen functional groups attached to an aromatic ring is 2. The minimum absolute atomic E-state index is 0.0181. The van der Waals surface area contributed by atoms with Crippen molar-refractivity contribution in [1.82, 2.24) is 14.9 Å². The highest BCUT2D eigenvalue weighted by Gasteiger charge is 2.45. The summed E-state index contributed by atoms with van der Waals surface area (Å²) in [6.45, 7) is 4.09. The molecule has 0 aromatic carbocycles. The van der Waals surface area contributed by atoms with E-state index in [4.69, 9.17) is 16.9 Å². The Kier molecular flexibility index (Phi) is 3.40. The Balaban J connectivity index is 2.23. The zero-order valence-electron chi connectivity index (χ0n) is 13.2. The molecule has 3 heterocycles. The summed E-state index contributed by atoms with van der Waals surface area (Å²) >= 11 is 0. The zero-order chi connectivity index (χ0) is 16.9. The van der Waals surface area contributed by atoms with Crippen molar-refractivity contribution in [3.8, 4) is 0 Å². The Morgan fingerprint density at radius 3 is 2.78 bits per heavy atom. The summed E-state index contributed by atoms with van der Waals surface area (Å²) < 4.78 is 0. The molecular weight excluding hydrogens is 298 g/mol. The molecule has 3 rings (SSSR count). The van der Waals surface area contributed by atoms with E-state index < -0.39 is 11.6 Å². The van der Waals surface area contributed by atoms with Gasteiger partial charge in [0.1, 0.15) is 29.1 Å². The molecule has 9 heteroatoms. The normalized spacial score (nSPS) is 27.5. The van der Waals surface area contributed by atoms with E-state index in [1.54, 1.807) is 18.7 Å². The number of hydrogen-bond acceptors (Lipinski definition) is 8. The quantitative estimate of drug-likeness (QED) is 0.548. The van der Waals surface area contributed by atoms with Gasteiger partial charge >= 0.3 is 0 Å². The van der Waals surface area contributed by atoms with Gasteiger partial charge in [-0.1, -0.05) is 0 Å². The van der Waals surface area contributed by atoms with E-state index in [0.717, 1.165) is 0 Å². The summed E-state index contributed by atoms with van der Waals surface area (Å²) in [6.07, 6.45) is 0.967. The number of amides is 1. The second-order valence-electron chi connectivity index (χ2n) is 6.28. The standard InChI is InChI=1S/C14H21N7O2/c1-3-20-10(16)8-9(15)18-13(17)19-11(8)21-6-14(2,23)5-4-7(21)12(20)22/h7,16,23H,3-6H2,1-2H3,(H4,15,17,18,19)/t7?,14-/m0/s1. The molecule has 9 nitrogen and oxygen atoms in total. The molecule has 0 spiro atoms. The zero-order valence-corrected chi connectivity index (χ0v) is 13.2. The van der Waals surface area contributed by atoms with Crippen LogP contribution in [-0.2, 0) is 4.79 Å². The first kappa shape index (κ1) is 15.5. The molecule has 2 atom stereocenters. The van der Waals surface area contributed by atoms with Crippen LogP contribution >= 0.6 is 0 Å². The van der Waals surface area contributed by atoms with Gasteiger partial charge in [0.2, 0.25) is 5.95 Å². The van der Waals surface area contributed by atoms with Crippen LogP contribution in [-0.4, -0.2) is 56.4 Å². The third-order valence-corrected chi connectivity index (χ3v) is 4.42. The van der Waals surface area contributed by atoms with E-state index in [0.29, 0.717) is 25.2 Å². The maximum Gasteiger partial charge on any atom is 0.250 e. The van der Waals surface area contributed by atoms with Gasteiger partial charge in [-0.25, -0.2) is 0 Å². The SMILES string of the molecule is CCN1C(=N)c2c(N)nc(N)nc2N2C[C@@](C)(O)CCC2C1=O. The molecule has 124 valence electrons. The number of rotatable bonds is 1. The summed E-state index contributed by atoms with van der Waals surface area (Å²) in [4.78, 5) is 24.1. The number of anilines is 3. The highest BCUT2D eigenvalue weighted by Crippen LogP contribution is 2.36. The second kappa shape index (κ2) is 5.05. The minimum atomic E-state index is -0.952. The van der Waals surface area contributed by atoms with Crippen molar-refractivity contribution in [1.29, 1.82) is 5.41 Å². The number of carbonyl (C=O) groups excluding carboxylic acids is 1. The summed E-state index contributed by atoms with van der Waals surface area (Å²) in [5, 5.41) is 18.8. The lowest BCUT2D eigenvalue weighted by Gasteiger charge is -2.42. The van der Waals surface area contributed by atoms with Gasteiger partial charge in [-0.3, -0.25) is 15.1 Å². The van der Waals surface area contributed by atoms with Crippen molar-refractivity contribution < 1.29 is 9.90 Å². The van der Waals surface area contributed by atoms with Crippen LogP contribution in [0.2, 0.25) is 0 Å². The molecule has 0 saturated carbocycles. The van der Waals surface area contributed by atoms with Crippen molar-refractivity contribution in [3.05, 3.63) is 5.56 Å². The Morgan fingerprint density at radius 1 is 1.43 bits per heavy atom. The topological polar surface area (TPSA) is 145 Å². The van der Waals surface area contributed by atoms with Crippen LogP contribution in [0.5, 0.6) is 0 Å². The van der Waals surface area contributed by atoms with Crippen LogP contribution in [0.15, 0.2) is 0 Å². The number of amidine groups is 1. The largest absolute Gasteiger partial charge is 0.388 e. The molecule has 0 aliphatic carbocycles. The predicted molar refractivity (Wildman–Crippen MR) is 86.1 cm³/mol. The highest BCUT2D eigenvalue weighted by atomic mass is 16.3. The number of aromatic nitrogens is 2. The predicted octanol–water partition coefficient (Wildman–Crippen LogP) is -0.452. The average molecular weight is 319 g/mol. The molecule has 2 aliphatic heterocycles. The second-order valence-corrected chi connectivity index (χ2v) is 6.28. The molecule has 23 heavy (non-hydrogen) atoms. The number of piperidine rings is 1. The molecule has 0 bridgehead atoms. The molecular formula is C14H21N7O2. The van der Waals surface area contributed by atoms with Crippen molar-refractivity contribution in [3.63, 3.8) is 0 Å². The van der Waals surface area contributed by atoms with Crippen LogP contribution in [0.1, 0.15) is 32.3 Å². The van der Waals surface area contributed by atoms with Crippen molar-refractivity contribution in [2.45, 2.75) is 38.3 Å². The van der Waals surface area contributed by atoms with Crippen LogP contribution in [0.25, 0.3) is 0 Å². The number of carbonyl (C=O) groups is 1. The van der Waals surface area contributed by atoms with Crippen LogP contribution < -0.4 is 16.4 Å². The highest BCUT2D eigenvalue weighted by molar-refractivity contribution is 6.15. The molecule has 0 radical (unpaired) electrons. The molecule has 1 aromatic heterocycles. The Morgan fingerprint density at radius 2 is 2.13 bits per heavy atom. The average Bonchev–Trinajstić information content (AvgIpc) is 2.52. The van der Waals surface area contributed by atoms with Crippen LogP contribution in [0, 0.1) is 5.41 Å². The fraction of sp³-hybridized carbons (Fsp3) is 0.571. The summed E-state index contributed by atoms with van der Waals surface area (Å²) in [5.41, 5.74) is 11.0. The number of aliphatic hydroxyl groups is 1. The van der Waals surface area contributed by atoms with Crippen molar-refractivity contribution in [2.24, 2.45) is 0 Å². The van der Waals surface area contributed by atoms with Gasteiger partial charge in [-0.15, -0.1) is 0 Å². The van der Waals surface area contributed by atoms with Crippen molar-refractivity contribution in [2.75, 3.05) is 29.5 Å². The Hall–Kier alpha value is -2.42. The van der Waals surface area contributed by atoms with Crippen molar-refractivity contribution >= 4 is 29.3 Å². The monoisotopic (exact) mass is 319 g/mol. The van der Waals surface area contributed by atoms with Gasteiger partial charge in [0.05, 0.1) is 5.60 Å². The fourth-order valence-corrected chi connectivity index (χ4v) is 3.30. The minimum Gasteiger partial charge on any atom is -0.388 e. The fourth-order valence-electron chi connectivity index (χ4n) is 3.30. The molecule has 1 aromatic rings. The number of nitrogens with one attached hydrogen (secondary N) is 1. The maximum atomic E-state index is 12.8. The van der Waals surface area contributed by atoms with Gasteiger partial charge in [-0.2, -0.15) is 9.97 Å². The Bertz CT molecular complexity index is 688. The first-order valence-corrected chi connectivity index (χ1v) is 7.57. The van der Waals surface area contributed by atoms with E-state index >= 15 is 0 Å². The molecule has 1 saturated heterocycles. The van der Waals surface area contributed by atoms with Gasteiger partial charge in [0.15, 0.2) is 0 Å². The summed E-state index contributed by atoms with van der Waals surface area (Å²) in [7, 11) is 0. The molecule has 1 amide bonds. The molecule has 6 N–H and O–H groups in total. The molecule has 1 unspecified atom stereocenters. The third-order valence-electron chi connectivity index (χ3n) is 4.42. The first-order chi connectivity index (χ1) is 10.7. The van der Waals surface area contributed by atoms with Crippen LogP contribution in [0.3, 0.4) is 0 Å². The lowest BCUT2D eigenvalue weighted by molar-refractivity contribution is -0.129. The smallest absolute Gasteiger partial charge is 0.250 e. The number of hydrogen-bond donors (Lipinski definition) is 4. The van der Waals surface area contributed by atoms with E-state index in [1.807, 2.05) is 0 Å². The first-order valence-electron chi connectivity index (χ1n) is 7.57. The third kappa shape index (κ3) is 2.37. The van der Waals surface area contributed by atoms with Crippen LogP contribution in [0.4, 0.5) is 17.6 Å². The van der Waals surface area contributed by atoms with E-state index in [-0.39, 0.29) is 35.6 Å².